The molecule has 0 heterocycles. The van der Waals surface area contributed by atoms with Gasteiger partial charge in [-0.05, 0) is 35.6 Å². The molecule has 6 nitrogen and oxygen atoms in total. The average Bonchev–Trinajstić information content (AvgIpc) is 2.87. The van der Waals surface area contributed by atoms with Crippen LogP contribution in [-0.4, -0.2) is 18.4 Å². The fraction of sp³-hybridized carbons (Fsp3) is 0.241. The van der Waals surface area contributed by atoms with Gasteiger partial charge < -0.3 is 19.9 Å². The minimum atomic E-state index is -0.625. The van der Waals surface area contributed by atoms with Crippen LogP contribution < -0.4 is 15.2 Å². The predicted octanol–water partition coefficient (Wildman–Crippen LogP) is 4.84. The Hall–Kier alpha value is -3.90. The van der Waals surface area contributed by atoms with E-state index in [0.717, 1.165) is 16.7 Å². The molecule has 6 heteroatoms. The third kappa shape index (κ3) is 7.29. The molecule has 0 unspecified atom stereocenters. The van der Waals surface area contributed by atoms with Crippen molar-refractivity contribution in [3.63, 3.8) is 0 Å². The van der Waals surface area contributed by atoms with Crippen LogP contribution in [0.4, 0.5) is 0 Å². The Morgan fingerprint density at radius 2 is 1.40 bits per heavy atom. The molecule has 35 heavy (non-hydrogen) atoms. The summed E-state index contributed by atoms with van der Waals surface area (Å²) in [5, 5.41) is 0. The lowest BCUT2D eigenvalue weighted by molar-refractivity contribution is -0.303. The molecular weight excluding hydrogens is 442 g/mol. The molecular formula is C29H32NO5+. The average molecular weight is 475 g/mol. The van der Waals surface area contributed by atoms with Crippen molar-refractivity contribution in [2.75, 3.05) is 6.61 Å². The van der Waals surface area contributed by atoms with Gasteiger partial charge in [0.05, 0.1) is 18.2 Å². The van der Waals surface area contributed by atoms with Crippen LogP contribution >= 0.6 is 0 Å². The summed E-state index contributed by atoms with van der Waals surface area (Å²) in [7, 11) is 0. The Labute approximate surface area is 206 Å². The topological polar surface area (TPSA) is 89.5 Å². The molecule has 3 rings (SSSR count). The van der Waals surface area contributed by atoms with Crippen molar-refractivity contribution in [1.29, 1.82) is 0 Å². The van der Waals surface area contributed by atoms with Crippen molar-refractivity contribution in [2.24, 2.45) is 0 Å². The maximum absolute atomic E-state index is 13.2. The van der Waals surface area contributed by atoms with Crippen molar-refractivity contribution in [3.8, 4) is 11.5 Å². The maximum Gasteiger partial charge on any atom is 0.392 e. The van der Waals surface area contributed by atoms with Crippen LogP contribution in [0.2, 0.25) is 0 Å². The zero-order valence-electron chi connectivity index (χ0n) is 20.5. The molecule has 0 atom stereocenters. The van der Waals surface area contributed by atoms with E-state index < -0.39 is 5.97 Å². The van der Waals surface area contributed by atoms with Crippen LogP contribution in [0.1, 0.15) is 53.7 Å². The molecule has 0 aromatic heterocycles. The first-order valence-corrected chi connectivity index (χ1v) is 11.7. The SMILES string of the molecule is CCOC(=O)C([NH3+])=CC(=O)c1cc(C(C)C)c(OCc2ccccc2)cc1OCc1ccccc1. The van der Waals surface area contributed by atoms with Crippen LogP contribution in [0, 0.1) is 0 Å². The van der Waals surface area contributed by atoms with E-state index in [1.807, 2.05) is 74.5 Å². The standard InChI is InChI=1S/C29H31NO5/c1-4-33-29(32)25(30)16-26(31)24-15-23(20(2)3)27(34-18-21-11-7-5-8-12-21)17-28(24)35-19-22-13-9-6-10-14-22/h5-17,20H,4,18-19,30H2,1-3H3/p+1. The molecule has 3 aromatic rings. The van der Waals surface area contributed by atoms with E-state index in [-0.39, 0.29) is 30.6 Å². The zero-order valence-corrected chi connectivity index (χ0v) is 20.5. The van der Waals surface area contributed by atoms with E-state index in [9.17, 15) is 9.59 Å². The highest BCUT2D eigenvalue weighted by molar-refractivity contribution is 6.09. The van der Waals surface area contributed by atoms with Crippen molar-refractivity contribution >= 4 is 11.8 Å². The van der Waals surface area contributed by atoms with Gasteiger partial charge in [0.1, 0.15) is 24.7 Å². The third-order valence-corrected chi connectivity index (χ3v) is 5.32. The summed E-state index contributed by atoms with van der Waals surface area (Å²) in [5.74, 6) is 0.0952. The van der Waals surface area contributed by atoms with Crippen LogP contribution in [0.3, 0.4) is 0 Å². The predicted molar refractivity (Wildman–Crippen MR) is 134 cm³/mol. The monoisotopic (exact) mass is 474 g/mol. The molecule has 0 saturated carbocycles. The van der Waals surface area contributed by atoms with Crippen molar-refractivity contribution < 1.29 is 29.5 Å². The molecule has 182 valence electrons. The van der Waals surface area contributed by atoms with E-state index in [4.69, 9.17) is 14.2 Å². The molecule has 0 aliphatic heterocycles. The first kappa shape index (κ1) is 25.7. The Bertz CT molecular complexity index is 1170. The Kier molecular flexibility index (Phi) is 9.21. The van der Waals surface area contributed by atoms with Crippen LogP contribution in [0.5, 0.6) is 11.5 Å². The summed E-state index contributed by atoms with van der Waals surface area (Å²) in [4.78, 5) is 25.2. The molecule has 0 bridgehead atoms. The second-order valence-corrected chi connectivity index (χ2v) is 8.34. The number of ketones is 1. The van der Waals surface area contributed by atoms with Crippen molar-refractivity contribution in [2.45, 2.75) is 39.9 Å². The van der Waals surface area contributed by atoms with Gasteiger partial charge in [-0.3, -0.25) is 4.79 Å². The number of allylic oxidation sites excluding steroid dienone is 1. The Morgan fingerprint density at radius 3 is 1.91 bits per heavy atom. The van der Waals surface area contributed by atoms with Gasteiger partial charge >= 0.3 is 5.97 Å². The molecule has 0 saturated heterocycles. The highest BCUT2D eigenvalue weighted by Gasteiger charge is 2.21. The molecule has 0 aliphatic carbocycles. The van der Waals surface area contributed by atoms with E-state index in [1.54, 1.807) is 19.1 Å². The zero-order chi connectivity index (χ0) is 25.2. The molecule has 0 fully saturated rings. The van der Waals surface area contributed by atoms with Gasteiger partial charge in [-0.15, -0.1) is 0 Å². The molecule has 3 aromatic carbocycles. The molecule has 0 radical (unpaired) electrons. The van der Waals surface area contributed by atoms with Crippen LogP contribution in [0.15, 0.2) is 84.6 Å². The van der Waals surface area contributed by atoms with Gasteiger partial charge in [0.2, 0.25) is 5.70 Å². The first-order chi connectivity index (χ1) is 16.9. The summed E-state index contributed by atoms with van der Waals surface area (Å²) in [5.41, 5.74) is 6.87. The Balaban J connectivity index is 1.98. The van der Waals surface area contributed by atoms with Gasteiger partial charge in [-0.1, -0.05) is 74.5 Å². The number of esters is 1. The molecule has 0 spiro atoms. The number of rotatable bonds is 11. The number of benzene rings is 3. The van der Waals surface area contributed by atoms with E-state index in [1.165, 1.54) is 6.08 Å². The van der Waals surface area contributed by atoms with Crippen LogP contribution in [0.25, 0.3) is 0 Å². The number of hydrogen-bond donors (Lipinski definition) is 1. The van der Waals surface area contributed by atoms with Gasteiger partial charge in [0.15, 0.2) is 5.78 Å². The number of carbonyl (C=O) groups excluding carboxylic acids is 2. The van der Waals surface area contributed by atoms with Gasteiger partial charge in [-0.2, -0.15) is 0 Å². The number of ether oxygens (including phenoxy) is 3. The Morgan fingerprint density at radius 1 is 0.857 bits per heavy atom. The van der Waals surface area contributed by atoms with Gasteiger partial charge in [0, 0.05) is 6.07 Å². The minimum Gasteiger partial charge on any atom is -0.488 e. The summed E-state index contributed by atoms with van der Waals surface area (Å²) in [6, 6.07) is 23.1. The smallest absolute Gasteiger partial charge is 0.392 e. The number of quaternary nitrogens is 1. The third-order valence-electron chi connectivity index (χ3n) is 5.32. The van der Waals surface area contributed by atoms with Gasteiger partial charge in [0.25, 0.3) is 0 Å². The van der Waals surface area contributed by atoms with E-state index >= 15 is 0 Å². The molecule has 0 aliphatic rings. The van der Waals surface area contributed by atoms with E-state index in [0.29, 0.717) is 23.7 Å². The number of hydrogen-bond acceptors (Lipinski definition) is 5. The minimum absolute atomic E-state index is 0.0126. The fourth-order valence-electron chi connectivity index (χ4n) is 3.46. The lowest BCUT2D eigenvalue weighted by Gasteiger charge is -2.19. The summed E-state index contributed by atoms with van der Waals surface area (Å²) < 4.78 is 17.2. The summed E-state index contributed by atoms with van der Waals surface area (Å²) in [6.07, 6.45) is 1.19. The van der Waals surface area contributed by atoms with Crippen molar-refractivity contribution in [1.82, 2.24) is 0 Å². The second-order valence-electron chi connectivity index (χ2n) is 8.34. The highest BCUT2D eigenvalue weighted by Crippen LogP contribution is 2.35. The van der Waals surface area contributed by atoms with E-state index in [2.05, 4.69) is 5.73 Å². The normalized spacial score (nSPS) is 11.3. The lowest BCUT2D eigenvalue weighted by Crippen LogP contribution is -2.52. The number of carbonyl (C=O) groups is 2. The summed E-state index contributed by atoms with van der Waals surface area (Å²) >= 11 is 0. The van der Waals surface area contributed by atoms with Crippen LogP contribution in [-0.2, 0) is 22.7 Å². The summed E-state index contributed by atoms with van der Waals surface area (Å²) in [6.45, 7) is 6.63. The van der Waals surface area contributed by atoms with Crippen molar-refractivity contribution in [3.05, 3.63) is 107 Å². The molecule has 0 amide bonds. The fourth-order valence-corrected chi connectivity index (χ4v) is 3.46. The first-order valence-electron chi connectivity index (χ1n) is 11.7. The molecule has 3 N–H and O–H groups in total. The maximum atomic E-state index is 13.2. The highest BCUT2D eigenvalue weighted by atomic mass is 16.5. The largest absolute Gasteiger partial charge is 0.488 e. The quantitative estimate of drug-likeness (QED) is 0.244. The lowest BCUT2D eigenvalue weighted by atomic mass is 9.96. The van der Waals surface area contributed by atoms with Gasteiger partial charge in [-0.25, -0.2) is 4.79 Å². The second kappa shape index (κ2) is 12.5.